The number of hydrogen-bond donors (Lipinski definition) is 1. The van der Waals surface area contributed by atoms with Crippen LogP contribution in [0.3, 0.4) is 0 Å². The van der Waals surface area contributed by atoms with Crippen LogP contribution < -0.4 is 5.73 Å². The molecule has 0 saturated carbocycles. The molecule has 0 saturated heterocycles. The van der Waals surface area contributed by atoms with Crippen LogP contribution in [0, 0.1) is 11.6 Å². The lowest BCUT2D eigenvalue weighted by Gasteiger charge is -2.14. The second kappa shape index (κ2) is 5.30. The van der Waals surface area contributed by atoms with Crippen LogP contribution in [0.2, 0.25) is 0 Å². The van der Waals surface area contributed by atoms with Gasteiger partial charge in [-0.05, 0) is 35.9 Å². The van der Waals surface area contributed by atoms with E-state index in [0.29, 0.717) is 5.56 Å². The lowest BCUT2D eigenvalue weighted by molar-refractivity contribution is 0.576. The Morgan fingerprint density at radius 3 is 2.45 bits per heavy atom. The van der Waals surface area contributed by atoms with E-state index in [1.165, 1.54) is 18.2 Å². The average molecular weight is 297 g/mol. The van der Waals surface area contributed by atoms with Crippen molar-refractivity contribution >= 4 is 9.84 Å². The lowest BCUT2D eigenvalue weighted by Crippen LogP contribution is -2.14. The van der Waals surface area contributed by atoms with Crippen LogP contribution in [-0.2, 0) is 9.84 Å². The van der Waals surface area contributed by atoms with Crippen LogP contribution in [0.1, 0.15) is 17.2 Å². The van der Waals surface area contributed by atoms with Crippen LogP contribution in [-0.4, -0.2) is 14.7 Å². The molecule has 2 rings (SSSR count). The summed E-state index contributed by atoms with van der Waals surface area (Å²) in [6, 6.07) is 7.94. The largest absolute Gasteiger partial charge is 0.320 e. The predicted octanol–water partition coefficient (Wildman–Crippen LogP) is 2.42. The van der Waals surface area contributed by atoms with Gasteiger partial charge in [0.05, 0.1) is 10.9 Å². The molecule has 0 unspecified atom stereocenters. The highest BCUT2D eigenvalue weighted by atomic mass is 32.2. The zero-order valence-electron chi connectivity index (χ0n) is 10.7. The fourth-order valence-electron chi connectivity index (χ4n) is 1.87. The summed E-state index contributed by atoms with van der Waals surface area (Å²) < 4.78 is 49.8. The second-order valence-corrected chi connectivity index (χ2v) is 6.50. The van der Waals surface area contributed by atoms with Crippen LogP contribution in [0.25, 0.3) is 0 Å². The Kier molecular flexibility index (Phi) is 3.87. The number of halogens is 2. The molecule has 0 bridgehead atoms. The Morgan fingerprint density at radius 2 is 1.80 bits per heavy atom. The normalized spacial score (nSPS) is 13.2. The second-order valence-electron chi connectivity index (χ2n) is 4.49. The standard InChI is InChI=1S/C14H13F2NO2S/c1-20(18,19)11-4-2-3-9(7-11)14(17)12-8-10(15)5-6-13(12)16/h2-8,14H,17H2,1H3/t14-/m1/s1. The minimum Gasteiger partial charge on any atom is -0.320 e. The van der Waals surface area contributed by atoms with E-state index in [0.717, 1.165) is 24.5 Å². The van der Waals surface area contributed by atoms with Crippen LogP contribution >= 0.6 is 0 Å². The summed E-state index contributed by atoms with van der Waals surface area (Å²) >= 11 is 0. The first-order valence-corrected chi connectivity index (χ1v) is 7.69. The van der Waals surface area contributed by atoms with Crippen molar-refractivity contribution in [1.29, 1.82) is 0 Å². The van der Waals surface area contributed by atoms with Gasteiger partial charge in [-0.15, -0.1) is 0 Å². The summed E-state index contributed by atoms with van der Waals surface area (Å²) in [7, 11) is -3.38. The average Bonchev–Trinajstić information content (AvgIpc) is 2.40. The molecule has 3 nitrogen and oxygen atoms in total. The molecule has 0 radical (unpaired) electrons. The van der Waals surface area contributed by atoms with Crippen molar-refractivity contribution < 1.29 is 17.2 Å². The summed E-state index contributed by atoms with van der Waals surface area (Å²) in [6.07, 6.45) is 1.07. The summed E-state index contributed by atoms with van der Waals surface area (Å²) in [6.45, 7) is 0. The maximum absolute atomic E-state index is 13.7. The molecule has 0 spiro atoms. The molecule has 2 N–H and O–H groups in total. The van der Waals surface area contributed by atoms with Gasteiger partial charge in [-0.1, -0.05) is 12.1 Å². The van der Waals surface area contributed by atoms with Gasteiger partial charge in [0.1, 0.15) is 11.6 Å². The number of benzene rings is 2. The third-order valence-corrected chi connectivity index (χ3v) is 4.05. The lowest BCUT2D eigenvalue weighted by atomic mass is 9.99. The van der Waals surface area contributed by atoms with Gasteiger partial charge < -0.3 is 5.73 Å². The van der Waals surface area contributed by atoms with E-state index in [1.807, 2.05) is 0 Å². The van der Waals surface area contributed by atoms with Crippen molar-refractivity contribution in [2.24, 2.45) is 5.73 Å². The molecule has 2 aromatic carbocycles. The van der Waals surface area contributed by atoms with E-state index in [2.05, 4.69) is 0 Å². The molecule has 6 heteroatoms. The molecule has 20 heavy (non-hydrogen) atoms. The summed E-state index contributed by atoms with van der Waals surface area (Å²) in [5, 5.41) is 0. The van der Waals surface area contributed by atoms with Crippen LogP contribution in [0.15, 0.2) is 47.4 Å². The predicted molar refractivity (Wildman–Crippen MR) is 71.9 cm³/mol. The quantitative estimate of drug-likeness (QED) is 0.946. The zero-order valence-corrected chi connectivity index (χ0v) is 11.5. The molecule has 106 valence electrons. The maximum Gasteiger partial charge on any atom is 0.175 e. The van der Waals surface area contributed by atoms with E-state index in [9.17, 15) is 17.2 Å². The molecule has 0 heterocycles. The molecule has 1 atom stereocenters. The van der Waals surface area contributed by atoms with Gasteiger partial charge in [-0.25, -0.2) is 17.2 Å². The monoisotopic (exact) mass is 297 g/mol. The van der Waals surface area contributed by atoms with Crippen LogP contribution in [0.4, 0.5) is 8.78 Å². The van der Waals surface area contributed by atoms with Crippen molar-refractivity contribution in [3.8, 4) is 0 Å². The molecule has 0 aliphatic rings. The summed E-state index contributed by atoms with van der Waals surface area (Å²) in [4.78, 5) is 0.0854. The topological polar surface area (TPSA) is 60.2 Å². The summed E-state index contributed by atoms with van der Waals surface area (Å²) in [5.74, 6) is -1.24. The Balaban J connectivity index is 2.48. The fourth-order valence-corrected chi connectivity index (χ4v) is 2.55. The first-order chi connectivity index (χ1) is 9.29. The molecule has 0 aliphatic carbocycles. The Morgan fingerprint density at radius 1 is 1.10 bits per heavy atom. The molecule has 0 aliphatic heterocycles. The van der Waals surface area contributed by atoms with Gasteiger partial charge in [-0.2, -0.15) is 0 Å². The first-order valence-electron chi connectivity index (χ1n) is 5.79. The molecule has 0 fully saturated rings. The van der Waals surface area contributed by atoms with Gasteiger partial charge in [-0.3, -0.25) is 0 Å². The van der Waals surface area contributed by atoms with Gasteiger partial charge in [0, 0.05) is 11.8 Å². The van der Waals surface area contributed by atoms with E-state index >= 15 is 0 Å². The third kappa shape index (κ3) is 3.02. The van der Waals surface area contributed by atoms with Gasteiger partial charge in [0.2, 0.25) is 0 Å². The van der Waals surface area contributed by atoms with E-state index in [-0.39, 0.29) is 10.5 Å². The van der Waals surface area contributed by atoms with Crippen molar-refractivity contribution in [1.82, 2.24) is 0 Å². The Labute approximate surface area is 116 Å². The molecular weight excluding hydrogens is 284 g/mol. The molecular formula is C14H13F2NO2S. The zero-order chi connectivity index (χ0) is 14.9. The highest BCUT2D eigenvalue weighted by Gasteiger charge is 2.16. The van der Waals surface area contributed by atoms with Crippen LogP contribution in [0.5, 0.6) is 0 Å². The maximum atomic E-state index is 13.7. The molecule has 0 aromatic heterocycles. The van der Waals surface area contributed by atoms with Crippen molar-refractivity contribution in [3.05, 3.63) is 65.2 Å². The fraction of sp³-hybridized carbons (Fsp3) is 0.143. The minimum absolute atomic E-state index is 0.0179. The van der Waals surface area contributed by atoms with E-state index < -0.39 is 27.5 Å². The van der Waals surface area contributed by atoms with Crippen molar-refractivity contribution in [2.75, 3.05) is 6.26 Å². The highest BCUT2D eigenvalue weighted by molar-refractivity contribution is 7.90. The van der Waals surface area contributed by atoms with E-state index in [1.54, 1.807) is 6.07 Å². The van der Waals surface area contributed by atoms with Gasteiger partial charge >= 0.3 is 0 Å². The SMILES string of the molecule is CS(=O)(=O)c1cccc([C@@H](N)c2cc(F)ccc2F)c1. The third-order valence-electron chi connectivity index (χ3n) is 2.94. The number of hydrogen-bond acceptors (Lipinski definition) is 3. The Hall–Kier alpha value is -1.79. The number of rotatable bonds is 3. The van der Waals surface area contributed by atoms with Gasteiger partial charge in [0.25, 0.3) is 0 Å². The highest BCUT2D eigenvalue weighted by Crippen LogP contribution is 2.24. The van der Waals surface area contributed by atoms with Gasteiger partial charge in [0.15, 0.2) is 9.84 Å². The smallest absolute Gasteiger partial charge is 0.175 e. The first kappa shape index (κ1) is 14.6. The van der Waals surface area contributed by atoms with E-state index in [4.69, 9.17) is 5.73 Å². The number of sulfone groups is 1. The molecule has 2 aromatic rings. The molecule has 0 amide bonds. The minimum atomic E-state index is -3.38. The van der Waals surface area contributed by atoms with Crippen molar-refractivity contribution in [2.45, 2.75) is 10.9 Å². The Bertz CT molecular complexity index is 745. The summed E-state index contributed by atoms with van der Waals surface area (Å²) in [5.41, 5.74) is 6.28. The number of nitrogens with two attached hydrogens (primary N) is 1. The van der Waals surface area contributed by atoms with Crippen molar-refractivity contribution in [3.63, 3.8) is 0 Å².